The lowest BCUT2D eigenvalue weighted by atomic mass is 9.93. The molecule has 5 nitrogen and oxygen atoms in total. The van der Waals surface area contributed by atoms with Gasteiger partial charge in [-0.15, -0.1) is 0 Å². The summed E-state index contributed by atoms with van der Waals surface area (Å²) in [6, 6.07) is 4.52. The Morgan fingerprint density at radius 3 is 2.45 bits per heavy atom. The molecule has 0 radical (unpaired) electrons. The van der Waals surface area contributed by atoms with Crippen molar-refractivity contribution in [1.82, 2.24) is 0 Å². The minimum Gasteiger partial charge on any atom is -0.465 e. The minimum absolute atomic E-state index is 0.308. The topological polar surface area (TPSA) is 81.4 Å². The number of anilines is 1. The van der Waals surface area contributed by atoms with Crippen molar-refractivity contribution in [1.29, 1.82) is 0 Å². The lowest BCUT2D eigenvalue weighted by Gasteiger charge is -2.25. The number of carbonyl (C=O) groups excluding carboxylic acids is 2. The van der Waals surface area contributed by atoms with E-state index < -0.39 is 11.5 Å². The van der Waals surface area contributed by atoms with Crippen LogP contribution in [0.25, 0.3) is 0 Å². The number of amides is 1. The molecule has 0 aliphatic rings. The number of esters is 1. The van der Waals surface area contributed by atoms with Gasteiger partial charge in [0.1, 0.15) is 0 Å². The van der Waals surface area contributed by atoms with Crippen molar-refractivity contribution in [2.75, 3.05) is 12.4 Å². The molecule has 0 saturated carbocycles. The zero-order valence-corrected chi connectivity index (χ0v) is 12.6. The van der Waals surface area contributed by atoms with E-state index in [9.17, 15) is 9.59 Å². The van der Waals surface area contributed by atoms with E-state index >= 15 is 0 Å². The molecule has 0 aromatic heterocycles. The van der Waals surface area contributed by atoms with Crippen LogP contribution in [0.5, 0.6) is 0 Å². The van der Waals surface area contributed by atoms with Crippen LogP contribution in [0.15, 0.2) is 18.2 Å². The van der Waals surface area contributed by atoms with E-state index in [1.807, 2.05) is 13.8 Å². The van der Waals surface area contributed by atoms with Gasteiger partial charge in [-0.3, -0.25) is 4.79 Å². The van der Waals surface area contributed by atoms with Crippen LogP contribution in [-0.4, -0.2) is 24.5 Å². The van der Waals surface area contributed by atoms with E-state index in [1.54, 1.807) is 0 Å². The maximum atomic E-state index is 12.2. The van der Waals surface area contributed by atoms with Crippen LogP contribution in [0.2, 0.25) is 5.02 Å². The first-order valence-corrected chi connectivity index (χ1v) is 6.74. The third-order valence-electron chi connectivity index (χ3n) is 3.35. The van der Waals surface area contributed by atoms with E-state index in [4.69, 9.17) is 17.3 Å². The minimum atomic E-state index is -0.954. The zero-order valence-electron chi connectivity index (χ0n) is 11.8. The van der Waals surface area contributed by atoms with Crippen LogP contribution in [0, 0.1) is 0 Å². The Morgan fingerprint density at radius 1 is 1.35 bits per heavy atom. The third kappa shape index (κ3) is 3.49. The average molecular weight is 299 g/mol. The van der Waals surface area contributed by atoms with E-state index in [2.05, 4.69) is 10.1 Å². The maximum absolute atomic E-state index is 12.2. The number of hydrogen-bond donors (Lipinski definition) is 2. The summed E-state index contributed by atoms with van der Waals surface area (Å²) < 4.78 is 4.63. The Balaban J connectivity index is 3.03. The molecule has 0 unspecified atom stereocenters. The van der Waals surface area contributed by atoms with Gasteiger partial charge in [-0.05, 0) is 31.0 Å². The first kappa shape index (κ1) is 16.5. The van der Waals surface area contributed by atoms with Crippen LogP contribution in [0.4, 0.5) is 5.69 Å². The standard InChI is InChI=1S/C14H19ClN2O3/c1-4-14(16,5-2)13(19)17-11-8-9(12(18)20-3)6-7-10(11)15/h6-8H,4-5,16H2,1-3H3,(H,17,19). The maximum Gasteiger partial charge on any atom is 0.337 e. The van der Waals surface area contributed by atoms with Crippen LogP contribution in [0.3, 0.4) is 0 Å². The summed E-state index contributed by atoms with van der Waals surface area (Å²) in [5, 5.41) is 3.00. The fourth-order valence-electron chi connectivity index (χ4n) is 1.68. The van der Waals surface area contributed by atoms with Gasteiger partial charge in [-0.1, -0.05) is 25.4 Å². The summed E-state index contributed by atoms with van der Waals surface area (Å²) in [7, 11) is 1.29. The first-order valence-electron chi connectivity index (χ1n) is 6.36. The second-order valence-corrected chi connectivity index (χ2v) is 4.91. The summed E-state index contributed by atoms with van der Waals surface area (Å²) >= 11 is 6.02. The molecule has 1 rings (SSSR count). The smallest absolute Gasteiger partial charge is 0.337 e. The molecule has 0 saturated heterocycles. The highest BCUT2D eigenvalue weighted by molar-refractivity contribution is 6.34. The number of hydrogen-bond acceptors (Lipinski definition) is 4. The Labute approximate surface area is 123 Å². The molecule has 0 heterocycles. The number of benzene rings is 1. The summed E-state index contributed by atoms with van der Waals surface area (Å²) in [5.41, 5.74) is 5.71. The molecule has 3 N–H and O–H groups in total. The van der Waals surface area contributed by atoms with Gasteiger partial charge < -0.3 is 15.8 Å². The molecule has 0 aliphatic carbocycles. The molecule has 20 heavy (non-hydrogen) atoms. The van der Waals surface area contributed by atoms with Crippen molar-refractivity contribution in [3.05, 3.63) is 28.8 Å². The quantitative estimate of drug-likeness (QED) is 0.819. The monoisotopic (exact) mass is 298 g/mol. The average Bonchev–Trinajstić information content (AvgIpc) is 2.47. The number of ether oxygens (including phenoxy) is 1. The molecular formula is C14H19ClN2O3. The molecule has 0 atom stereocenters. The summed E-state index contributed by atoms with van der Waals surface area (Å²) in [4.78, 5) is 23.7. The number of nitrogens with one attached hydrogen (secondary N) is 1. The van der Waals surface area contributed by atoms with Gasteiger partial charge >= 0.3 is 5.97 Å². The van der Waals surface area contributed by atoms with Crippen LogP contribution in [-0.2, 0) is 9.53 Å². The molecule has 0 aliphatic heterocycles. The Morgan fingerprint density at radius 2 is 1.95 bits per heavy atom. The molecule has 0 fully saturated rings. The van der Waals surface area contributed by atoms with E-state index in [-0.39, 0.29) is 5.91 Å². The normalized spacial score (nSPS) is 11.1. The van der Waals surface area contributed by atoms with Crippen molar-refractivity contribution in [3.8, 4) is 0 Å². The van der Waals surface area contributed by atoms with E-state index in [0.717, 1.165) is 0 Å². The molecule has 1 aromatic carbocycles. The Bertz CT molecular complexity index is 513. The summed E-state index contributed by atoms with van der Waals surface area (Å²) in [6.07, 6.45) is 1.01. The molecule has 1 amide bonds. The predicted octanol–water partition coefficient (Wildman–Crippen LogP) is 2.58. The first-order chi connectivity index (χ1) is 9.37. The molecular weight excluding hydrogens is 280 g/mol. The largest absolute Gasteiger partial charge is 0.465 e. The van der Waals surface area contributed by atoms with Crippen molar-refractivity contribution in [3.63, 3.8) is 0 Å². The highest BCUT2D eigenvalue weighted by Gasteiger charge is 2.30. The number of carbonyl (C=O) groups is 2. The lowest BCUT2D eigenvalue weighted by Crippen LogP contribution is -2.50. The number of nitrogens with two attached hydrogens (primary N) is 1. The predicted molar refractivity (Wildman–Crippen MR) is 78.9 cm³/mol. The summed E-state index contributed by atoms with van der Waals surface area (Å²) in [6.45, 7) is 3.69. The third-order valence-corrected chi connectivity index (χ3v) is 3.68. The Hall–Kier alpha value is -1.59. The Kier molecular flexibility index (Phi) is 5.53. The molecule has 1 aromatic rings. The SMILES string of the molecule is CCC(N)(CC)C(=O)Nc1cc(C(=O)OC)ccc1Cl. The zero-order chi connectivity index (χ0) is 15.3. The van der Waals surface area contributed by atoms with Crippen LogP contribution >= 0.6 is 11.6 Å². The van der Waals surface area contributed by atoms with Gasteiger partial charge in [-0.2, -0.15) is 0 Å². The van der Waals surface area contributed by atoms with E-state index in [1.165, 1.54) is 25.3 Å². The van der Waals surface area contributed by atoms with Gasteiger partial charge in [0.25, 0.3) is 0 Å². The number of rotatable bonds is 5. The number of methoxy groups -OCH3 is 1. The highest BCUT2D eigenvalue weighted by Crippen LogP contribution is 2.25. The van der Waals surface area contributed by atoms with Gasteiger partial charge in [-0.25, -0.2) is 4.79 Å². The fraction of sp³-hybridized carbons (Fsp3) is 0.429. The van der Waals surface area contributed by atoms with Gasteiger partial charge in [0.05, 0.1) is 28.9 Å². The second kappa shape index (κ2) is 6.72. The number of halogens is 1. The van der Waals surface area contributed by atoms with Gasteiger partial charge in [0.15, 0.2) is 0 Å². The lowest BCUT2D eigenvalue weighted by molar-refractivity contribution is -0.121. The highest BCUT2D eigenvalue weighted by atomic mass is 35.5. The molecule has 0 spiro atoms. The van der Waals surface area contributed by atoms with Crippen LogP contribution < -0.4 is 11.1 Å². The summed E-state index contributed by atoms with van der Waals surface area (Å²) in [5.74, 6) is -0.825. The van der Waals surface area contributed by atoms with Gasteiger partial charge in [0, 0.05) is 0 Å². The van der Waals surface area contributed by atoms with Crippen molar-refractivity contribution in [2.24, 2.45) is 5.73 Å². The van der Waals surface area contributed by atoms with Gasteiger partial charge in [0.2, 0.25) is 5.91 Å². The fourth-order valence-corrected chi connectivity index (χ4v) is 1.85. The van der Waals surface area contributed by atoms with Crippen molar-refractivity contribution in [2.45, 2.75) is 32.2 Å². The molecule has 0 bridgehead atoms. The van der Waals surface area contributed by atoms with Crippen molar-refractivity contribution >= 4 is 29.2 Å². The van der Waals surface area contributed by atoms with Crippen molar-refractivity contribution < 1.29 is 14.3 Å². The second-order valence-electron chi connectivity index (χ2n) is 4.50. The molecule has 6 heteroatoms. The van der Waals surface area contributed by atoms with E-state index in [0.29, 0.717) is 29.1 Å². The van der Waals surface area contributed by atoms with Crippen LogP contribution in [0.1, 0.15) is 37.0 Å². The molecule has 110 valence electrons.